The Morgan fingerprint density at radius 3 is 2.67 bits per heavy atom. The van der Waals surface area contributed by atoms with Crippen molar-refractivity contribution in [3.63, 3.8) is 0 Å². The third-order valence-corrected chi connectivity index (χ3v) is 4.64. The highest BCUT2D eigenvalue weighted by Crippen LogP contribution is 2.39. The van der Waals surface area contributed by atoms with Crippen molar-refractivity contribution in [1.29, 1.82) is 0 Å². The van der Waals surface area contributed by atoms with Crippen LogP contribution in [-0.4, -0.2) is 24.5 Å². The molecule has 0 aromatic heterocycles. The Kier molecular flexibility index (Phi) is 2.24. The Morgan fingerprint density at radius 2 is 2.07 bits per heavy atom. The van der Waals surface area contributed by atoms with Gasteiger partial charge in [-0.05, 0) is 36.3 Å². The lowest BCUT2D eigenvalue weighted by Crippen LogP contribution is -2.25. The molecule has 1 aliphatic carbocycles. The standard InChI is InChI=1S/C14H21N/c1-10-3-4-12(7-11(10)2)14-9-15-6-5-13(14)8-15/h3-4,7,10-11,13-14H,5-6,8-9H2,1-2H3/t10-,11?,13?,14?/m0/s1. The van der Waals surface area contributed by atoms with Gasteiger partial charge in [0.1, 0.15) is 0 Å². The number of allylic oxidation sites excluding steroid dienone is 3. The first kappa shape index (κ1) is 9.65. The zero-order valence-corrected chi connectivity index (χ0v) is 9.82. The van der Waals surface area contributed by atoms with Crippen LogP contribution in [0.25, 0.3) is 0 Å². The van der Waals surface area contributed by atoms with Gasteiger partial charge < -0.3 is 4.90 Å². The predicted octanol–water partition coefficient (Wildman–Crippen LogP) is 2.71. The van der Waals surface area contributed by atoms with Crippen LogP contribution in [-0.2, 0) is 0 Å². The Bertz CT molecular complexity index is 315. The van der Waals surface area contributed by atoms with E-state index in [9.17, 15) is 0 Å². The number of hydrogen-bond donors (Lipinski definition) is 0. The van der Waals surface area contributed by atoms with E-state index in [0.29, 0.717) is 0 Å². The molecule has 2 aliphatic heterocycles. The molecule has 0 spiro atoms. The molecule has 1 nitrogen and oxygen atoms in total. The van der Waals surface area contributed by atoms with Gasteiger partial charge in [0.2, 0.25) is 0 Å². The Hall–Kier alpha value is -0.560. The lowest BCUT2D eigenvalue weighted by molar-refractivity contribution is 0.326. The Morgan fingerprint density at radius 1 is 1.20 bits per heavy atom. The molecular weight excluding hydrogens is 182 g/mol. The maximum absolute atomic E-state index is 2.63. The van der Waals surface area contributed by atoms with Crippen LogP contribution < -0.4 is 0 Å². The molecule has 15 heavy (non-hydrogen) atoms. The van der Waals surface area contributed by atoms with Crippen molar-refractivity contribution >= 4 is 0 Å². The van der Waals surface area contributed by atoms with Crippen LogP contribution in [0.5, 0.6) is 0 Å². The van der Waals surface area contributed by atoms with Crippen molar-refractivity contribution < 1.29 is 0 Å². The molecule has 5 atom stereocenters. The fraction of sp³-hybridized carbons (Fsp3) is 0.714. The van der Waals surface area contributed by atoms with Gasteiger partial charge in [0.25, 0.3) is 0 Å². The highest BCUT2D eigenvalue weighted by molar-refractivity contribution is 5.30. The summed E-state index contributed by atoms with van der Waals surface area (Å²) in [4.78, 5) is 2.63. The lowest BCUT2D eigenvalue weighted by atomic mass is 9.79. The van der Waals surface area contributed by atoms with E-state index in [1.807, 2.05) is 0 Å². The van der Waals surface area contributed by atoms with E-state index < -0.39 is 0 Å². The van der Waals surface area contributed by atoms with Gasteiger partial charge in [0.15, 0.2) is 0 Å². The highest BCUT2D eigenvalue weighted by Gasteiger charge is 2.39. The lowest BCUT2D eigenvalue weighted by Gasteiger charge is -2.27. The molecule has 0 radical (unpaired) electrons. The first-order valence-electron chi connectivity index (χ1n) is 6.36. The van der Waals surface area contributed by atoms with Gasteiger partial charge >= 0.3 is 0 Å². The van der Waals surface area contributed by atoms with Gasteiger partial charge in [-0.2, -0.15) is 0 Å². The molecule has 0 aromatic carbocycles. The van der Waals surface area contributed by atoms with E-state index in [4.69, 9.17) is 0 Å². The predicted molar refractivity (Wildman–Crippen MR) is 63.6 cm³/mol. The average molecular weight is 203 g/mol. The third-order valence-electron chi connectivity index (χ3n) is 4.64. The van der Waals surface area contributed by atoms with Gasteiger partial charge in [-0.25, -0.2) is 0 Å². The third kappa shape index (κ3) is 1.57. The molecule has 2 saturated heterocycles. The van der Waals surface area contributed by atoms with Crippen LogP contribution in [0.1, 0.15) is 20.3 Å². The van der Waals surface area contributed by atoms with Crippen molar-refractivity contribution in [3.8, 4) is 0 Å². The minimum Gasteiger partial charge on any atom is -0.302 e. The first-order chi connectivity index (χ1) is 7.24. The van der Waals surface area contributed by atoms with Gasteiger partial charge in [-0.3, -0.25) is 0 Å². The van der Waals surface area contributed by atoms with E-state index in [1.165, 1.54) is 26.1 Å². The van der Waals surface area contributed by atoms with Crippen molar-refractivity contribution in [3.05, 3.63) is 23.8 Å². The maximum atomic E-state index is 2.63. The van der Waals surface area contributed by atoms with Crippen molar-refractivity contribution in [2.45, 2.75) is 20.3 Å². The first-order valence-corrected chi connectivity index (χ1v) is 6.36. The van der Waals surface area contributed by atoms with Crippen LogP contribution in [0, 0.1) is 23.7 Å². The summed E-state index contributed by atoms with van der Waals surface area (Å²) < 4.78 is 0. The molecule has 0 aromatic rings. The second kappa shape index (κ2) is 3.48. The second-order valence-corrected chi connectivity index (χ2v) is 5.66. The highest BCUT2D eigenvalue weighted by atomic mass is 15.2. The number of nitrogens with zero attached hydrogens (tertiary/aromatic N) is 1. The molecule has 2 bridgehead atoms. The molecule has 4 unspecified atom stereocenters. The van der Waals surface area contributed by atoms with Crippen molar-refractivity contribution in [2.75, 3.05) is 19.6 Å². The summed E-state index contributed by atoms with van der Waals surface area (Å²) in [5.41, 5.74) is 1.63. The number of rotatable bonds is 1. The molecule has 3 aliphatic rings. The van der Waals surface area contributed by atoms with Crippen LogP contribution in [0.2, 0.25) is 0 Å². The average Bonchev–Trinajstić information content (AvgIpc) is 2.83. The summed E-state index contributed by atoms with van der Waals surface area (Å²) in [6.07, 6.45) is 8.76. The molecule has 3 rings (SSSR count). The molecule has 2 fully saturated rings. The monoisotopic (exact) mass is 203 g/mol. The summed E-state index contributed by atoms with van der Waals surface area (Å²) in [6, 6.07) is 0. The summed E-state index contributed by atoms with van der Waals surface area (Å²) in [5.74, 6) is 3.28. The zero-order chi connectivity index (χ0) is 10.4. The minimum absolute atomic E-state index is 0.729. The molecule has 2 heterocycles. The quantitative estimate of drug-likeness (QED) is 0.633. The van der Waals surface area contributed by atoms with Crippen LogP contribution in [0.15, 0.2) is 23.8 Å². The van der Waals surface area contributed by atoms with Crippen molar-refractivity contribution in [2.24, 2.45) is 23.7 Å². The van der Waals surface area contributed by atoms with Crippen LogP contribution in [0.3, 0.4) is 0 Å². The smallest absolute Gasteiger partial charge is 0.00534 e. The van der Waals surface area contributed by atoms with Crippen LogP contribution in [0.4, 0.5) is 0 Å². The zero-order valence-electron chi connectivity index (χ0n) is 9.82. The van der Waals surface area contributed by atoms with E-state index in [2.05, 4.69) is 37.0 Å². The topological polar surface area (TPSA) is 3.24 Å². The number of fused-ring (bicyclic) bond motifs is 2. The molecule has 82 valence electrons. The van der Waals surface area contributed by atoms with Crippen LogP contribution >= 0.6 is 0 Å². The summed E-state index contributed by atoms with van der Waals surface area (Å²) in [7, 11) is 0. The van der Waals surface area contributed by atoms with Gasteiger partial charge in [-0.1, -0.05) is 32.1 Å². The molecule has 0 saturated carbocycles. The fourth-order valence-corrected chi connectivity index (χ4v) is 3.36. The minimum atomic E-state index is 0.729. The SMILES string of the molecule is CC1C=C(C2CN3CCC2C3)C=C[C@@H]1C. The normalized spacial score (nSPS) is 48.4. The van der Waals surface area contributed by atoms with Gasteiger partial charge in [0, 0.05) is 19.0 Å². The Labute approximate surface area is 92.8 Å². The van der Waals surface area contributed by atoms with E-state index >= 15 is 0 Å². The second-order valence-electron chi connectivity index (χ2n) is 5.66. The van der Waals surface area contributed by atoms with E-state index in [-0.39, 0.29) is 0 Å². The fourth-order valence-electron chi connectivity index (χ4n) is 3.36. The van der Waals surface area contributed by atoms with Gasteiger partial charge in [0.05, 0.1) is 0 Å². The van der Waals surface area contributed by atoms with E-state index in [0.717, 1.165) is 23.7 Å². The van der Waals surface area contributed by atoms with E-state index in [1.54, 1.807) is 5.57 Å². The number of piperidine rings is 1. The van der Waals surface area contributed by atoms with Crippen molar-refractivity contribution in [1.82, 2.24) is 4.90 Å². The number of hydrogen-bond acceptors (Lipinski definition) is 1. The molecular formula is C14H21N. The largest absolute Gasteiger partial charge is 0.302 e. The summed E-state index contributed by atoms with van der Waals surface area (Å²) >= 11 is 0. The Balaban J connectivity index is 1.78. The molecule has 1 heteroatoms. The molecule has 0 N–H and O–H groups in total. The summed E-state index contributed by atoms with van der Waals surface area (Å²) in [6.45, 7) is 8.70. The summed E-state index contributed by atoms with van der Waals surface area (Å²) in [5, 5.41) is 0. The molecule has 0 amide bonds. The van der Waals surface area contributed by atoms with Gasteiger partial charge in [-0.15, -0.1) is 0 Å². The maximum Gasteiger partial charge on any atom is 0.00534 e.